The third-order valence-corrected chi connectivity index (χ3v) is 3.58. The third-order valence-electron chi connectivity index (χ3n) is 3.09. The molecule has 1 amide bonds. The fourth-order valence-corrected chi connectivity index (χ4v) is 2.37. The first-order chi connectivity index (χ1) is 9.43. The summed E-state index contributed by atoms with van der Waals surface area (Å²) in [7, 11) is 1.79. The van der Waals surface area contributed by atoms with Crippen molar-refractivity contribution in [3.63, 3.8) is 0 Å². The summed E-state index contributed by atoms with van der Waals surface area (Å²) < 4.78 is 2.46. The van der Waals surface area contributed by atoms with Crippen LogP contribution in [0.1, 0.15) is 27.3 Å². The van der Waals surface area contributed by atoms with E-state index in [9.17, 15) is 4.79 Å². The van der Waals surface area contributed by atoms with Crippen molar-refractivity contribution in [3.8, 4) is 6.07 Å². The van der Waals surface area contributed by atoms with Crippen molar-refractivity contribution in [2.45, 2.75) is 13.8 Å². The summed E-state index contributed by atoms with van der Waals surface area (Å²) >= 11 is 3.33. The van der Waals surface area contributed by atoms with E-state index in [0.717, 1.165) is 10.2 Å². The van der Waals surface area contributed by atoms with E-state index in [1.54, 1.807) is 36.9 Å². The van der Waals surface area contributed by atoms with Gasteiger partial charge in [-0.1, -0.05) is 15.9 Å². The minimum atomic E-state index is -0.261. The molecule has 102 valence electrons. The lowest BCUT2D eigenvalue weighted by Gasteiger charge is -2.08. The van der Waals surface area contributed by atoms with Crippen LogP contribution in [0, 0.1) is 25.2 Å². The van der Waals surface area contributed by atoms with Gasteiger partial charge >= 0.3 is 0 Å². The summed E-state index contributed by atoms with van der Waals surface area (Å²) in [6.07, 6.45) is 0. The van der Waals surface area contributed by atoms with Crippen molar-refractivity contribution < 1.29 is 4.79 Å². The molecular weight excluding hydrogens is 320 g/mol. The standard InChI is InChI=1S/C14H13BrN4O/c1-8-13(9(2)19(3)18-8)14(20)17-12-6-11(15)5-4-10(12)7-16/h4-6H,1-3H3,(H,17,20). The number of aryl methyl sites for hydroxylation is 2. The highest BCUT2D eigenvalue weighted by Gasteiger charge is 2.18. The van der Waals surface area contributed by atoms with Gasteiger partial charge in [0.1, 0.15) is 6.07 Å². The maximum atomic E-state index is 12.4. The molecule has 2 rings (SSSR count). The molecule has 0 fully saturated rings. The molecule has 20 heavy (non-hydrogen) atoms. The Bertz CT molecular complexity index is 728. The van der Waals surface area contributed by atoms with E-state index >= 15 is 0 Å². The fraction of sp³-hybridized carbons (Fsp3) is 0.214. The Morgan fingerprint density at radius 1 is 1.45 bits per heavy atom. The van der Waals surface area contributed by atoms with Crippen molar-refractivity contribution >= 4 is 27.5 Å². The Morgan fingerprint density at radius 3 is 2.70 bits per heavy atom. The van der Waals surface area contributed by atoms with E-state index in [0.29, 0.717) is 22.5 Å². The number of benzene rings is 1. The topological polar surface area (TPSA) is 70.7 Å². The lowest BCUT2D eigenvalue weighted by molar-refractivity contribution is 0.102. The van der Waals surface area contributed by atoms with Crippen molar-refractivity contribution in [1.82, 2.24) is 9.78 Å². The quantitative estimate of drug-likeness (QED) is 0.919. The highest BCUT2D eigenvalue weighted by atomic mass is 79.9. The van der Waals surface area contributed by atoms with Crippen LogP contribution in [-0.4, -0.2) is 15.7 Å². The van der Waals surface area contributed by atoms with Crippen molar-refractivity contribution in [2.24, 2.45) is 7.05 Å². The Hall–Kier alpha value is -2.13. The smallest absolute Gasteiger partial charge is 0.259 e. The minimum Gasteiger partial charge on any atom is -0.321 e. The van der Waals surface area contributed by atoms with Crippen LogP contribution in [0.5, 0.6) is 0 Å². The van der Waals surface area contributed by atoms with Crippen LogP contribution in [0.15, 0.2) is 22.7 Å². The number of anilines is 1. The van der Waals surface area contributed by atoms with E-state index in [1.165, 1.54) is 0 Å². The Balaban J connectivity index is 2.38. The molecule has 0 unspecified atom stereocenters. The van der Waals surface area contributed by atoms with Crippen LogP contribution < -0.4 is 5.32 Å². The van der Waals surface area contributed by atoms with Gasteiger partial charge in [0.2, 0.25) is 0 Å². The highest BCUT2D eigenvalue weighted by Crippen LogP contribution is 2.22. The molecule has 0 atom stereocenters. The molecule has 0 saturated carbocycles. The van der Waals surface area contributed by atoms with E-state index in [4.69, 9.17) is 5.26 Å². The Morgan fingerprint density at radius 2 is 2.15 bits per heavy atom. The SMILES string of the molecule is Cc1nn(C)c(C)c1C(=O)Nc1cc(Br)ccc1C#N. The van der Waals surface area contributed by atoms with E-state index in [-0.39, 0.29) is 5.91 Å². The van der Waals surface area contributed by atoms with Crippen LogP contribution >= 0.6 is 15.9 Å². The summed E-state index contributed by atoms with van der Waals surface area (Å²) in [6.45, 7) is 3.62. The molecule has 0 aliphatic carbocycles. The lowest BCUT2D eigenvalue weighted by Crippen LogP contribution is -2.15. The summed E-state index contributed by atoms with van der Waals surface area (Å²) in [5.41, 5.74) is 2.89. The number of carbonyl (C=O) groups is 1. The molecule has 0 saturated heterocycles. The number of rotatable bonds is 2. The van der Waals surface area contributed by atoms with E-state index in [2.05, 4.69) is 32.4 Å². The summed E-state index contributed by atoms with van der Waals surface area (Å²) in [5.74, 6) is -0.261. The van der Waals surface area contributed by atoms with Crippen LogP contribution in [0.25, 0.3) is 0 Å². The van der Waals surface area contributed by atoms with E-state index in [1.807, 2.05) is 6.92 Å². The molecule has 0 spiro atoms. The maximum Gasteiger partial charge on any atom is 0.259 e. The van der Waals surface area contributed by atoms with Gasteiger partial charge < -0.3 is 5.32 Å². The normalized spacial score (nSPS) is 10.2. The average Bonchev–Trinajstić information content (AvgIpc) is 2.63. The molecule has 1 aromatic carbocycles. The van der Waals surface area contributed by atoms with Gasteiger partial charge in [0.15, 0.2) is 0 Å². The van der Waals surface area contributed by atoms with Gasteiger partial charge in [0, 0.05) is 17.2 Å². The second kappa shape index (κ2) is 5.47. The zero-order valence-corrected chi connectivity index (χ0v) is 12.9. The second-order valence-corrected chi connectivity index (χ2v) is 5.34. The Kier molecular flexibility index (Phi) is 3.91. The number of nitrogens with one attached hydrogen (secondary N) is 1. The van der Waals surface area contributed by atoms with Crippen molar-refractivity contribution in [3.05, 3.63) is 45.2 Å². The number of amides is 1. The average molecular weight is 333 g/mol. The zero-order chi connectivity index (χ0) is 14.9. The number of nitrogens with zero attached hydrogens (tertiary/aromatic N) is 3. The first kappa shape index (κ1) is 14.3. The van der Waals surface area contributed by atoms with E-state index < -0.39 is 0 Å². The van der Waals surface area contributed by atoms with Gasteiger partial charge in [-0.05, 0) is 32.0 Å². The maximum absolute atomic E-state index is 12.4. The number of halogens is 1. The molecule has 0 bridgehead atoms. The lowest BCUT2D eigenvalue weighted by atomic mass is 10.1. The third kappa shape index (κ3) is 2.58. The highest BCUT2D eigenvalue weighted by molar-refractivity contribution is 9.10. The number of hydrogen-bond acceptors (Lipinski definition) is 3. The molecule has 5 nitrogen and oxygen atoms in total. The first-order valence-electron chi connectivity index (χ1n) is 5.95. The van der Waals surface area contributed by atoms with Gasteiger partial charge in [-0.2, -0.15) is 10.4 Å². The molecule has 2 aromatic rings. The number of aromatic nitrogens is 2. The summed E-state index contributed by atoms with van der Waals surface area (Å²) in [5, 5.41) is 16.1. The van der Waals surface area contributed by atoms with Gasteiger partial charge in [-0.15, -0.1) is 0 Å². The molecule has 1 aromatic heterocycles. The van der Waals surface area contributed by atoms with Gasteiger partial charge in [-0.3, -0.25) is 9.48 Å². The summed E-state index contributed by atoms with van der Waals surface area (Å²) in [6, 6.07) is 7.18. The van der Waals surface area contributed by atoms with Gasteiger partial charge in [0.25, 0.3) is 5.91 Å². The monoisotopic (exact) mass is 332 g/mol. The molecule has 0 radical (unpaired) electrons. The first-order valence-corrected chi connectivity index (χ1v) is 6.74. The molecule has 1 heterocycles. The molecule has 0 aliphatic rings. The predicted octanol–water partition coefficient (Wildman–Crippen LogP) is 2.92. The molecule has 0 aliphatic heterocycles. The summed E-state index contributed by atoms with van der Waals surface area (Å²) in [4.78, 5) is 12.4. The van der Waals surface area contributed by atoms with Crippen LogP contribution in [0.2, 0.25) is 0 Å². The number of nitriles is 1. The fourth-order valence-electron chi connectivity index (χ4n) is 2.00. The van der Waals surface area contributed by atoms with Crippen LogP contribution in [0.3, 0.4) is 0 Å². The molecule has 1 N–H and O–H groups in total. The molecular formula is C14H13BrN4O. The van der Waals surface area contributed by atoms with Gasteiger partial charge in [-0.25, -0.2) is 0 Å². The van der Waals surface area contributed by atoms with Gasteiger partial charge in [0.05, 0.1) is 22.5 Å². The Labute approximate surface area is 125 Å². The number of hydrogen-bond donors (Lipinski definition) is 1. The van der Waals surface area contributed by atoms with Crippen molar-refractivity contribution in [2.75, 3.05) is 5.32 Å². The van der Waals surface area contributed by atoms with Crippen LogP contribution in [0.4, 0.5) is 5.69 Å². The predicted molar refractivity (Wildman–Crippen MR) is 79.5 cm³/mol. The number of carbonyl (C=O) groups excluding carboxylic acids is 1. The largest absolute Gasteiger partial charge is 0.321 e. The zero-order valence-electron chi connectivity index (χ0n) is 11.4. The second-order valence-electron chi connectivity index (χ2n) is 4.43. The van der Waals surface area contributed by atoms with Crippen molar-refractivity contribution in [1.29, 1.82) is 5.26 Å². The van der Waals surface area contributed by atoms with Crippen LogP contribution in [-0.2, 0) is 7.05 Å². The minimum absolute atomic E-state index is 0.261. The molecule has 6 heteroatoms.